The van der Waals surface area contributed by atoms with E-state index in [1.807, 2.05) is 25.1 Å². The molecule has 1 saturated heterocycles. The van der Waals surface area contributed by atoms with Crippen molar-refractivity contribution in [3.63, 3.8) is 0 Å². The van der Waals surface area contributed by atoms with E-state index in [4.69, 9.17) is 4.52 Å². The average Bonchev–Trinajstić information content (AvgIpc) is 3.48. The van der Waals surface area contributed by atoms with Crippen LogP contribution in [0.5, 0.6) is 0 Å². The molecule has 158 valence electrons. The van der Waals surface area contributed by atoms with Crippen molar-refractivity contribution in [2.45, 2.75) is 31.9 Å². The first-order valence-corrected chi connectivity index (χ1v) is 9.98. The number of ketones is 1. The van der Waals surface area contributed by atoms with Crippen LogP contribution in [0, 0.1) is 12.7 Å². The molecule has 4 aromatic rings. The Morgan fingerprint density at radius 2 is 2.23 bits per heavy atom. The minimum Gasteiger partial charge on any atom is -0.392 e. The summed E-state index contributed by atoms with van der Waals surface area (Å²) in [5.74, 6) is 0.243. The topological polar surface area (TPSA) is 106 Å². The number of aliphatic hydroxyl groups excluding tert-OH is 1. The van der Waals surface area contributed by atoms with Crippen LogP contribution in [0.15, 0.2) is 47.2 Å². The Morgan fingerprint density at radius 3 is 3.03 bits per heavy atom. The van der Waals surface area contributed by atoms with Gasteiger partial charge in [0.15, 0.2) is 5.78 Å². The van der Waals surface area contributed by atoms with Gasteiger partial charge in [0, 0.05) is 24.7 Å². The number of fused-ring (bicyclic) bond motifs is 1. The molecule has 5 rings (SSSR count). The Morgan fingerprint density at radius 1 is 1.35 bits per heavy atom. The molecule has 0 spiro atoms. The van der Waals surface area contributed by atoms with E-state index in [0.717, 1.165) is 16.7 Å². The van der Waals surface area contributed by atoms with Gasteiger partial charge in [-0.15, -0.1) is 0 Å². The number of pyridine rings is 1. The Hall–Kier alpha value is -3.43. The number of nitrogens with zero attached hydrogens (tertiary/aromatic N) is 4. The molecule has 1 fully saturated rings. The van der Waals surface area contributed by atoms with Crippen LogP contribution >= 0.6 is 0 Å². The number of carbonyl (C=O) groups is 1. The largest absolute Gasteiger partial charge is 0.392 e. The molecule has 0 radical (unpaired) electrons. The number of rotatable bonds is 5. The molecule has 0 saturated carbocycles. The highest BCUT2D eigenvalue weighted by Crippen LogP contribution is 2.26. The van der Waals surface area contributed by atoms with E-state index in [1.165, 1.54) is 28.9 Å². The van der Waals surface area contributed by atoms with Crippen LogP contribution < -0.4 is 5.32 Å². The normalized spacial score (nSPS) is 18.7. The third-order valence-corrected chi connectivity index (χ3v) is 5.56. The lowest BCUT2D eigenvalue weighted by atomic mass is 9.99. The van der Waals surface area contributed by atoms with Crippen LogP contribution in [0.3, 0.4) is 0 Å². The van der Waals surface area contributed by atoms with Gasteiger partial charge in [-0.25, -0.2) is 9.37 Å². The molecule has 0 aliphatic carbocycles. The third kappa shape index (κ3) is 3.73. The average molecular weight is 421 g/mol. The van der Waals surface area contributed by atoms with Gasteiger partial charge >= 0.3 is 0 Å². The van der Waals surface area contributed by atoms with E-state index in [1.54, 1.807) is 0 Å². The first kappa shape index (κ1) is 19.5. The van der Waals surface area contributed by atoms with Gasteiger partial charge in [-0.1, -0.05) is 17.3 Å². The molecule has 1 unspecified atom stereocenters. The smallest absolute Gasteiger partial charge is 0.244 e. The second-order valence-corrected chi connectivity index (χ2v) is 7.77. The Kier molecular flexibility index (Phi) is 4.84. The summed E-state index contributed by atoms with van der Waals surface area (Å²) in [6, 6.07) is 8.31. The predicted octanol–water partition coefficient (Wildman–Crippen LogP) is 2.65. The minimum atomic E-state index is -0.435. The number of benzene rings is 1. The Balaban J connectivity index is 1.40. The van der Waals surface area contributed by atoms with E-state index in [9.17, 15) is 14.3 Å². The second-order valence-electron chi connectivity index (χ2n) is 7.77. The van der Waals surface area contributed by atoms with Crippen molar-refractivity contribution in [3.8, 4) is 11.4 Å². The highest BCUT2D eigenvalue weighted by atomic mass is 19.1. The van der Waals surface area contributed by atoms with Crippen molar-refractivity contribution in [3.05, 3.63) is 71.3 Å². The molecule has 0 amide bonds. The van der Waals surface area contributed by atoms with Crippen LogP contribution in [-0.2, 0) is 6.42 Å². The number of Topliss-reactive ketones (excluding diaryl/α,β-unsaturated/α-hetero) is 1. The number of halogens is 1. The molecule has 0 bridgehead atoms. The van der Waals surface area contributed by atoms with Crippen molar-refractivity contribution in [1.82, 2.24) is 24.8 Å². The lowest BCUT2D eigenvalue weighted by Gasteiger charge is -2.07. The molecule has 31 heavy (non-hydrogen) atoms. The zero-order valence-electron chi connectivity index (χ0n) is 16.7. The van der Waals surface area contributed by atoms with E-state index in [-0.39, 0.29) is 18.2 Å². The zero-order valence-corrected chi connectivity index (χ0v) is 16.7. The molecule has 9 heteroatoms. The zero-order chi connectivity index (χ0) is 21.5. The highest BCUT2D eigenvalue weighted by molar-refractivity contribution is 5.97. The first-order valence-electron chi connectivity index (χ1n) is 9.98. The minimum absolute atomic E-state index is 0.130. The van der Waals surface area contributed by atoms with E-state index in [0.29, 0.717) is 36.0 Å². The van der Waals surface area contributed by atoms with Gasteiger partial charge in [-0.05, 0) is 42.7 Å². The molecule has 2 N–H and O–H groups in total. The van der Waals surface area contributed by atoms with Gasteiger partial charge in [0.1, 0.15) is 17.2 Å². The van der Waals surface area contributed by atoms with Crippen molar-refractivity contribution in [1.29, 1.82) is 0 Å². The lowest BCUT2D eigenvalue weighted by Crippen LogP contribution is -2.15. The second kappa shape index (κ2) is 7.68. The standard InChI is InChI=1S/C22H20FN5O3/c1-12-2-3-13(21-26-22(31-27-21)17-8-16(29)9-24-17)6-14(12)7-19(30)18-10-25-20-5-4-15(23)11-28(18)20/h2-6,10-11,16-17,24,29H,7-9H2,1H3/t16-,17?/m0/s1. The van der Waals surface area contributed by atoms with Crippen LogP contribution in [0.1, 0.15) is 40.0 Å². The quantitative estimate of drug-likeness (QED) is 0.477. The maximum absolute atomic E-state index is 13.6. The van der Waals surface area contributed by atoms with Crippen LogP contribution in [0.2, 0.25) is 0 Å². The molecule has 4 heterocycles. The number of carbonyl (C=O) groups excluding carboxylic acids is 1. The summed E-state index contributed by atoms with van der Waals surface area (Å²) in [5, 5.41) is 16.9. The highest BCUT2D eigenvalue weighted by Gasteiger charge is 2.28. The third-order valence-electron chi connectivity index (χ3n) is 5.56. The van der Waals surface area contributed by atoms with E-state index in [2.05, 4.69) is 20.4 Å². The van der Waals surface area contributed by atoms with Crippen molar-refractivity contribution in [2.24, 2.45) is 0 Å². The number of β-amino-alcohol motifs (C(OH)–C–C–N with tert-alkyl or cyclic N) is 1. The monoisotopic (exact) mass is 421 g/mol. The number of aromatic nitrogens is 4. The van der Waals surface area contributed by atoms with E-state index >= 15 is 0 Å². The molecular formula is C22H20FN5O3. The fourth-order valence-corrected chi connectivity index (χ4v) is 3.82. The maximum Gasteiger partial charge on any atom is 0.244 e. The molecule has 2 atom stereocenters. The summed E-state index contributed by atoms with van der Waals surface area (Å²) in [4.78, 5) is 21.6. The van der Waals surface area contributed by atoms with Crippen molar-refractivity contribution in [2.75, 3.05) is 6.54 Å². The van der Waals surface area contributed by atoms with Crippen LogP contribution in [0.25, 0.3) is 17.0 Å². The number of aryl methyl sites for hydroxylation is 1. The molecule has 8 nitrogen and oxygen atoms in total. The van der Waals surface area contributed by atoms with Crippen LogP contribution in [0.4, 0.5) is 4.39 Å². The number of imidazole rings is 1. The molecule has 1 aliphatic rings. The molecule has 1 aromatic carbocycles. The summed E-state index contributed by atoms with van der Waals surface area (Å²) < 4.78 is 20.5. The maximum atomic E-state index is 13.6. The number of hydrogen-bond donors (Lipinski definition) is 2. The number of aliphatic hydroxyl groups is 1. The summed E-state index contributed by atoms with van der Waals surface area (Å²) >= 11 is 0. The Bertz CT molecular complexity index is 1280. The van der Waals surface area contributed by atoms with Crippen LogP contribution in [-0.4, -0.2) is 43.1 Å². The molecule has 1 aliphatic heterocycles. The van der Waals surface area contributed by atoms with E-state index < -0.39 is 11.9 Å². The van der Waals surface area contributed by atoms with Crippen molar-refractivity contribution >= 4 is 11.4 Å². The van der Waals surface area contributed by atoms with Gasteiger partial charge in [-0.3, -0.25) is 9.20 Å². The van der Waals surface area contributed by atoms with Gasteiger partial charge in [-0.2, -0.15) is 4.98 Å². The van der Waals surface area contributed by atoms with Gasteiger partial charge in [0.2, 0.25) is 11.7 Å². The molecular weight excluding hydrogens is 401 g/mol. The summed E-state index contributed by atoms with van der Waals surface area (Å²) in [6.07, 6.45) is 2.95. The summed E-state index contributed by atoms with van der Waals surface area (Å²) in [7, 11) is 0. The number of hydrogen-bond acceptors (Lipinski definition) is 7. The first-order chi connectivity index (χ1) is 15.0. The predicted molar refractivity (Wildman–Crippen MR) is 109 cm³/mol. The van der Waals surface area contributed by atoms with Gasteiger partial charge in [0.25, 0.3) is 0 Å². The Labute approximate surface area is 176 Å². The number of nitrogens with one attached hydrogen (secondary N) is 1. The van der Waals surface area contributed by atoms with Gasteiger partial charge in [0.05, 0.1) is 18.3 Å². The van der Waals surface area contributed by atoms with Gasteiger partial charge < -0.3 is 14.9 Å². The SMILES string of the molecule is Cc1ccc(-c2noc(C3C[C@H](O)CN3)n2)cc1CC(=O)c1cnc2ccc(F)cn12. The lowest BCUT2D eigenvalue weighted by molar-refractivity contribution is 0.0987. The fourth-order valence-electron chi connectivity index (χ4n) is 3.82. The molecule has 3 aromatic heterocycles. The summed E-state index contributed by atoms with van der Waals surface area (Å²) in [6.45, 7) is 2.42. The fraction of sp³-hybridized carbons (Fsp3) is 0.273. The summed E-state index contributed by atoms with van der Waals surface area (Å²) in [5.41, 5.74) is 3.33. The van der Waals surface area contributed by atoms with Crippen molar-refractivity contribution < 1.29 is 18.8 Å².